The van der Waals surface area contributed by atoms with Gasteiger partial charge >= 0.3 is 0 Å². The lowest BCUT2D eigenvalue weighted by molar-refractivity contribution is -0.142. The fourth-order valence-corrected chi connectivity index (χ4v) is 9.20. The number of ether oxygens (including phenoxy) is 2. The van der Waals surface area contributed by atoms with Gasteiger partial charge in [-0.15, -0.1) is 11.3 Å². The number of carbonyl (C=O) groups excluding carboxylic acids is 4. The molecule has 56 heavy (non-hydrogen) atoms. The van der Waals surface area contributed by atoms with Crippen LogP contribution < -0.4 is 10.7 Å². The minimum absolute atomic E-state index is 0.0510. The molecule has 1 saturated heterocycles. The lowest BCUT2D eigenvalue weighted by atomic mass is 9.84. The minimum Gasteiger partial charge on any atom is -0.467 e. The molecule has 3 amide bonds. The van der Waals surface area contributed by atoms with Gasteiger partial charge in [-0.3, -0.25) is 29.2 Å². The predicted octanol–water partition coefficient (Wildman–Crippen LogP) is 5.61. The molecule has 4 heterocycles. The van der Waals surface area contributed by atoms with Crippen LogP contribution in [0.4, 0.5) is 0 Å². The van der Waals surface area contributed by atoms with E-state index in [9.17, 15) is 19.2 Å². The molecule has 3 unspecified atom stereocenters. The minimum atomic E-state index is -0.860. The molecule has 1 aliphatic carbocycles. The molecule has 300 valence electrons. The second-order valence-corrected chi connectivity index (χ2v) is 16.9. The van der Waals surface area contributed by atoms with Crippen molar-refractivity contribution >= 4 is 46.9 Å². The number of aryl methyl sites for hydroxylation is 1. The Morgan fingerprint density at radius 1 is 1.16 bits per heavy atom. The van der Waals surface area contributed by atoms with Crippen molar-refractivity contribution < 1.29 is 28.7 Å². The topological polar surface area (TPSA) is 148 Å². The van der Waals surface area contributed by atoms with Crippen molar-refractivity contribution in [3.63, 3.8) is 0 Å². The van der Waals surface area contributed by atoms with Crippen LogP contribution in [-0.4, -0.2) is 95.1 Å². The molecule has 2 fully saturated rings. The quantitative estimate of drug-likeness (QED) is 0.130. The molecule has 0 bridgehead atoms. The number of hydrazine groups is 1. The van der Waals surface area contributed by atoms with E-state index in [0.717, 1.165) is 83.2 Å². The van der Waals surface area contributed by atoms with Crippen LogP contribution in [0.1, 0.15) is 81.7 Å². The molecule has 14 heteroatoms. The van der Waals surface area contributed by atoms with Gasteiger partial charge in [0.1, 0.15) is 12.1 Å². The van der Waals surface area contributed by atoms with Gasteiger partial charge in [0, 0.05) is 79.7 Å². The number of aromatic nitrogens is 3. The van der Waals surface area contributed by atoms with Crippen LogP contribution in [0, 0.1) is 11.3 Å². The number of nitrogens with one attached hydrogen (secondary N) is 2. The van der Waals surface area contributed by atoms with Crippen molar-refractivity contribution in [3.05, 3.63) is 58.2 Å². The summed E-state index contributed by atoms with van der Waals surface area (Å²) in [6, 6.07) is 8.82. The largest absolute Gasteiger partial charge is 0.467 e. The number of hydrogen-bond donors (Lipinski definition) is 2. The van der Waals surface area contributed by atoms with Crippen LogP contribution in [0.25, 0.3) is 33.4 Å². The molecule has 4 aromatic rings. The molecule has 0 spiro atoms. The van der Waals surface area contributed by atoms with Crippen molar-refractivity contribution in [2.75, 3.05) is 33.9 Å². The van der Waals surface area contributed by atoms with Gasteiger partial charge in [0.15, 0.2) is 0 Å². The van der Waals surface area contributed by atoms with Gasteiger partial charge in [0.25, 0.3) is 12.4 Å². The highest BCUT2D eigenvalue weighted by atomic mass is 32.1. The highest BCUT2D eigenvalue weighted by molar-refractivity contribution is 7.10. The van der Waals surface area contributed by atoms with Gasteiger partial charge in [-0.05, 0) is 74.8 Å². The van der Waals surface area contributed by atoms with Crippen LogP contribution in [0.3, 0.4) is 0 Å². The van der Waals surface area contributed by atoms with E-state index in [1.165, 1.54) is 16.2 Å². The fourth-order valence-electron chi connectivity index (χ4n) is 8.35. The molecule has 6 rings (SSSR count). The third kappa shape index (κ3) is 8.98. The first kappa shape index (κ1) is 41.0. The average Bonchev–Trinajstić information content (AvgIpc) is 3.97. The number of hydrogen-bond acceptors (Lipinski definition) is 10. The number of thiazole rings is 1. The number of benzene rings is 1. The Balaban J connectivity index is 1.35. The molecular formula is C42H55N7O6S. The second kappa shape index (κ2) is 18.1. The van der Waals surface area contributed by atoms with E-state index in [4.69, 9.17) is 19.4 Å². The third-order valence-corrected chi connectivity index (χ3v) is 12.1. The van der Waals surface area contributed by atoms with Gasteiger partial charge in [-0.25, -0.2) is 10.4 Å². The summed E-state index contributed by atoms with van der Waals surface area (Å²) >= 11 is 1.45. The number of rotatable bonds is 17. The number of fused-ring (bicyclic) bond motifs is 1. The maximum absolute atomic E-state index is 14.0. The Hall–Kier alpha value is -4.66. The smallest absolute Gasteiger partial charge is 0.293 e. The van der Waals surface area contributed by atoms with Crippen LogP contribution in [0.15, 0.2) is 41.9 Å². The van der Waals surface area contributed by atoms with Crippen LogP contribution >= 0.6 is 11.3 Å². The van der Waals surface area contributed by atoms with E-state index < -0.39 is 12.1 Å². The zero-order chi connectivity index (χ0) is 40.0. The summed E-state index contributed by atoms with van der Waals surface area (Å²) in [5.74, 6) is -0.472. The Morgan fingerprint density at radius 3 is 2.64 bits per heavy atom. The highest BCUT2D eigenvalue weighted by Crippen LogP contribution is 2.41. The number of amides is 3. The van der Waals surface area contributed by atoms with Crippen LogP contribution in [-0.2, 0) is 48.5 Å². The maximum atomic E-state index is 14.0. The molecule has 13 nitrogen and oxygen atoms in total. The molecular weight excluding hydrogens is 731 g/mol. The maximum Gasteiger partial charge on any atom is 0.293 e. The summed E-state index contributed by atoms with van der Waals surface area (Å²) in [7, 11) is 5.37. The molecule has 1 aromatic carbocycles. The number of likely N-dealkylation sites (N-methyl/N-ethyl adjacent to an activating group) is 1. The Kier molecular flexibility index (Phi) is 13.2. The highest BCUT2D eigenvalue weighted by Gasteiger charge is 2.37. The van der Waals surface area contributed by atoms with E-state index in [2.05, 4.69) is 60.5 Å². The number of carbonyl (C=O) groups is 4. The summed E-state index contributed by atoms with van der Waals surface area (Å²) < 4.78 is 13.2. The van der Waals surface area contributed by atoms with Gasteiger partial charge in [-0.1, -0.05) is 32.8 Å². The molecule has 1 aliphatic heterocycles. The van der Waals surface area contributed by atoms with Crippen molar-refractivity contribution in [2.45, 2.75) is 90.3 Å². The molecule has 3 aromatic heterocycles. The Morgan fingerprint density at radius 2 is 1.95 bits per heavy atom. The summed E-state index contributed by atoms with van der Waals surface area (Å²) in [4.78, 5) is 62.2. The van der Waals surface area contributed by atoms with Gasteiger partial charge in [0.05, 0.1) is 34.8 Å². The van der Waals surface area contributed by atoms with Crippen molar-refractivity contribution in [1.82, 2.24) is 35.2 Å². The Labute approximate surface area is 333 Å². The number of nitrogens with zero attached hydrogens (tertiary/aromatic N) is 5. The standard InChI is InChI=1S/C42H55N7O6S/c1-27(54-6)37-30(14-11-17-43-37)39-32(22-42(2,3)24-55-26-51)31-20-29(15-16-35(31)48(39)5)34-23-56-36(45-34)21-33(41(53)49-19-10-9-18-44-49)46-40(52)38(47(4)25-50)28-12-7-8-13-28/h11,14-17,20,23,25-28,33,38,44H,7-10,12-13,18-19,21-22,24H2,1-6H3,(H,46,52). The number of pyridine rings is 1. The van der Waals surface area contributed by atoms with E-state index in [1.807, 2.05) is 18.4 Å². The zero-order valence-electron chi connectivity index (χ0n) is 33.4. The van der Waals surface area contributed by atoms with E-state index in [0.29, 0.717) is 37.4 Å². The van der Waals surface area contributed by atoms with Gasteiger partial charge < -0.3 is 24.3 Å². The van der Waals surface area contributed by atoms with E-state index in [1.54, 1.807) is 25.4 Å². The van der Waals surface area contributed by atoms with Crippen LogP contribution in [0.5, 0.6) is 0 Å². The normalized spacial score (nSPS) is 16.7. The van der Waals surface area contributed by atoms with Crippen molar-refractivity contribution in [2.24, 2.45) is 18.4 Å². The van der Waals surface area contributed by atoms with E-state index in [-0.39, 0.29) is 42.3 Å². The molecule has 0 radical (unpaired) electrons. The first-order valence-electron chi connectivity index (χ1n) is 19.6. The summed E-state index contributed by atoms with van der Waals surface area (Å²) in [5, 5.41) is 8.42. The first-order valence-corrected chi connectivity index (χ1v) is 20.5. The molecule has 2 aliphatic rings. The number of methoxy groups -OCH3 is 1. The molecule has 3 atom stereocenters. The Bertz CT molecular complexity index is 2020. The SMILES string of the molecule is COC(C)c1ncccc1-c1c(CC(C)(C)COC=O)c2cc(-c3csc(CC(NC(=O)C(C4CCCC4)N(C)C=O)C(=O)N4CCCCN4)n3)ccc2n1C. The summed E-state index contributed by atoms with van der Waals surface area (Å²) in [6.07, 6.45) is 8.69. The fraction of sp³-hybridized carbons (Fsp3) is 0.524. The second-order valence-electron chi connectivity index (χ2n) is 15.9. The van der Waals surface area contributed by atoms with Crippen molar-refractivity contribution in [3.8, 4) is 22.5 Å². The van der Waals surface area contributed by atoms with Crippen molar-refractivity contribution in [1.29, 1.82) is 0 Å². The van der Waals surface area contributed by atoms with Crippen LogP contribution in [0.2, 0.25) is 0 Å². The van der Waals surface area contributed by atoms with E-state index >= 15 is 0 Å². The third-order valence-electron chi connectivity index (χ3n) is 11.3. The lowest BCUT2D eigenvalue weighted by Gasteiger charge is -2.33. The zero-order valence-corrected chi connectivity index (χ0v) is 34.2. The van der Waals surface area contributed by atoms with Gasteiger partial charge in [0.2, 0.25) is 12.3 Å². The van der Waals surface area contributed by atoms with Gasteiger partial charge in [-0.2, -0.15) is 0 Å². The summed E-state index contributed by atoms with van der Waals surface area (Å²) in [5.41, 5.74) is 9.43. The first-order chi connectivity index (χ1) is 27.0. The average molecular weight is 786 g/mol. The predicted molar refractivity (Wildman–Crippen MR) is 216 cm³/mol. The molecule has 2 N–H and O–H groups in total. The summed E-state index contributed by atoms with van der Waals surface area (Å²) in [6.45, 7) is 8.14. The lowest BCUT2D eigenvalue weighted by Crippen LogP contribution is -2.59. The monoisotopic (exact) mass is 785 g/mol. The molecule has 1 saturated carbocycles.